The van der Waals surface area contributed by atoms with Crippen LogP contribution in [0.25, 0.3) is 11.4 Å². The van der Waals surface area contributed by atoms with Crippen molar-refractivity contribution in [1.29, 1.82) is 0 Å². The van der Waals surface area contributed by atoms with E-state index in [0.717, 1.165) is 36.7 Å². The lowest BCUT2D eigenvalue weighted by atomic mass is 10.0. The fourth-order valence-electron chi connectivity index (χ4n) is 2.91. The van der Waals surface area contributed by atoms with Crippen LogP contribution in [0.2, 0.25) is 0 Å². The predicted octanol–water partition coefficient (Wildman–Crippen LogP) is 3.74. The van der Waals surface area contributed by atoms with Gasteiger partial charge in [0.1, 0.15) is 0 Å². The van der Waals surface area contributed by atoms with Gasteiger partial charge in [-0.3, -0.25) is 0 Å². The number of hydrogen-bond acceptors (Lipinski definition) is 5. The number of nitrogens with zero attached hydrogens (tertiary/aromatic N) is 2. The molecule has 4 nitrogen and oxygen atoms in total. The monoisotopic (exact) mass is 291 g/mol. The van der Waals surface area contributed by atoms with Crippen LogP contribution in [0, 0.1) is 6.92 Å². The SMILES string of the molecule is CCCNC1CCCC1c1nc(-c2cscc2C)no1. The van der Waals surface area contributed by atoms with Crippen LogP contribution in [0.3, 0.4) is 0 Å². The average Bonchev–Trinajstić information content (AvgIpc) is 3.15. The van der Waals surface area contributed by atoms with E-state index in [1.165, 1.54) is 18.4 Å². The Morgan fingerprint density at radius 2 is 2.30 bits per heavy atom. The Hall–Kier alpha value is -1.20. The van der Waals surface area contributed by atoms with Crippen molar-refractivity contribution in [3.63, 3.8) is 0 Å². The summed E-state index contributed by atoms with van der Waals surface area (Å²) in [5.41, 5.74) is 2.32. The van der Waals surface area contributed by atoms with Crippen LogP contribution in [-0.4, -0.2) is 22.7 Å². The minimum Gasteiger partial charge on any atom is -0.339 e. The van der Waals surface area contributed by atoms with Crippen molar-refractivity contribution in [1.82, 2.24) is 15.5 Å². The van der Waals surface area contributed by atoms with Crippen LogP contribution in [0.1, 0.15) is 50.0 Å². The van der Waals surface area contributed by atoms with Crippen molar-refractivity contribution in [3.8, 4) is 11.4 Å². The molecule has 0 amide bonds. The molecule has 2 atom stereocenters. The maximum atomic E-state index is 5.54. The van der Waals surface area contributed by atoms with E-state index in [9.17, 15) is 0 Å². The van der Waals surface area contributed by atoms with Gasteiger partial charge in [-0.25, -0.2) is 0 Å². The smallest absolute Gasteiger partial charge is 0.231 e. The first-order chi connectivity index (χ1) is 9.79. The van der Waals surface area contributed by atoms with Crippen LogP contribution in [0.4, 0.5) is 0 Å². The highest BCUT2D eigenvalue weighted by Gasteiger charge is 2.32. The lowest BCUT2D eigenvalue weighted by molar-refractivity contribution is 0.330. The molecule has 1 aliphatic carbocycles. The van der Waals surface area contributed by atoms with Gasteiger partial charge in [-0.1, -0.05) is 18.5 Å². The van der Waals surface area contributed by atoms with E-state index < -0.39 is 0 Å². The molecule has 2 aromatic rings. The van der Waals surface area contributed by atoms with Crippen molar-refractivity contribution < 1.29 is 4.52 Å². The van der Waals surface area contributed by atoms with Crippen LogP contribution >= 0.6 is 11.3 Å². The molecule has 1 saturated carbocycles. The third-order valence-corrected chi connectivity index (χ3v) is 4.89. The van der Waals surface area contributed by atoms with E-state index in [4.69, 9.17) is 4.52 Å². The van der Waals surface area contributed by atoms with Crippen LogP contribution in [0.15, 0.2) is 15.3 Å². The largest absolute Gasteiger partial charge is 0.339 e. The van der Waals surface area contributed by atoms with Gasteiger partial charge in [-0.15, -0.1) is 0 Å². The van der Waals surface area contributed by atoms with Gasteiger partial charge < -0.3 is 9.84 Å². The second kappa shape index (κ2) is 6.06. The first-order valence-electron chi connectivity index (χ1n) is 7.39. The maximum absolute atomic E-state index is 5.54. The minimum absolute atomic E-state index is 0.377. The summed E-state index contributed by atoms with van der Waals surface area (Å²) in [7, 11) is 0. The minimum atomic E-state index is 0.377. The number of aryl methyl sites for hydroxylation is 1. The summed E-state index contributed by atoms with van der Waals surface area (Å²) in [5.74, 6) is 1.92. The van der Waals surface area contributed by atoms with E-state index in [2.05, 4.69) is 40.1 Å². The van der Waals surface area contributed by atoms with E-state index >= 15 is 0 Å². The molecule has 3 rings (SSSR count). The molecule has 0 radical (unpaired) electrons. The molecule has 5 heteroatoms. The summed E-state index contributed by atoms with van der Waals surface area (Å²) in [4.78, 5) is 4.64. The van der Waals surface area contributed by atoms with Gasteiger partial charge in [0.05, 0.1) is 5.92 Å². The van der Waals surface area contributed by atoms with Crippen molar-refractivity contribution in [2.75, 3.05) is 6.54 Å². The van der Waals surface area contributed by atoms with Crippen molar-refractivity contribution in [3.05, 3.63) is 22.2 Å². The first kappa shape index (κ1) is 13.8. The van der Waals surface area contributed by atoms with Gasteiger partial charge in [-0.2, -0.15) is 16.3 Å². The molecule has 2 aromatic heterocycles. The van der Waals surface area contributed by atoms with Gasteiger partial charge in [0.15, 0.2) is 0 Å². The fourth-order valence-corrected chi connectivity index (χ4v) is 3.74. The van der Waals surface area contributed by atoms with Crippen LogP contribution < -0.4 is 5.32 Å². The quantitative estimate of drug-likeness (QED) is 0.911. The number of rotatable bonds is 5. The molecule has 0 bridgehead atoms. The van der Waals surface area contributed by atoms with Crippen LogP contribution in [-0.2, 0) is 0 Å². The molecule has 1 fully saturated rings. The number of thiophene rings is 1. The van der Waals surface area contributed by atoms with E-state index in [-0.39, 0.29) is 0 Å². The Morgan fingerprint density at radius 1 is 1.40 bits per heavy atom. The lowest BCUT2D eigenvalue weighted by Gasteiger charge is -2.17. The normalized spacial score (nSPS) is 22.5. The zero-order valence-electron chi connectivity index (χ0n) is 12.1. The third kappa shape index (κ3) is 2.65. The molecular weight excluding hydrogens is 270 g/mol. The summed E-state index contributed by atoms with van der Waals surface area (Å²) < 4.78 is 5.54. The molecule has 2 heterocycles. The van der Waals surface area contributed by atoms with Crippen molar-refractivity contribution >= 4 is 11.3 Å². The summed E-state index contributed by atoms with van der Waals surface area (Å²) in [6, 6.07) is 0.492. The molecule has 2 unspecified atom stereocenters. The highest BCUT2D eigenvalue weighted by Crippen LogP contribution is 2.35. The highest BCUT2D eigenvalue weighted by atomic mass is 32.1. The maximum Gasteiger partial charge on any atom is 0.231 e. The molecule has 0 saturated heterocycles. The third-order valence-electron chi connectivity index (χ3n) is 4.03. The van der Waals surface area contributed by atoms with E-state index in [0.29, 0.717) is 12.0 Å². The molecular formula is C15H21N3OS. The number of aromatic nitrogens is 2. The Labute approximate surface area is 123 Å². The molecule has 0 aromatic carbocycles. The number of hydrogen-bond donors (Lipinski definition) is 1. The van der Waals surface area contributed by atoms with E-state index in [1.807, 2.05) is 0 Å². The van der Waals surface area contributed by atoms with Crippen LogP contribution in [0.5, 0.6) is 0 Å². The van der Waals surface area contributed by atoms with Gasteiger partial charge in [-0.05, 0) is 43.7 Å². The molecule has 0 spiro atoms. The summed E-state index contributed by atoms with van der Waals surface area (Å²) in [6.45, 7) is 5.34. The number of nitrogens with one attached hydrogen (secondary N) is 1. The summed E-state index contributed by atoms with van der Waals surface area (Å²) in [5, 5.41) is 12.0. The Kier molecular flexibility index (Phi) is 4.17. The summed E-state index contributed by atoms with van der Waals surface area (Å²) in [6.07, 6.45) is 4.75. The highest BCUT2D eigenvalue weighted by molar-refractivity contribution is 7.08. The topological polar surface area (TPSA) is 51.0 Å². The van der Waals surface area contributed by atoms with Gasteiger partial charge in [0.2, 0.25) is 11.7 Å². The Morgan fingerprint density at radius 3 is 3.05 bits per heavy atom. The zero-order valence-corrected chi connectivity index (χ0v) is 12.9. The Balaban J connectivity index is 1.78. The molecule has 1 N–H and O–H groups in total. The predicted molar refractivity (Wildman–Crippen MR) is 81.0 cm³/mol. The molecule has 20 heavy (non-hydrogen) atoms. The van der Waals surface area contributed by atoms with E-state index in [1.54, 1.807) is 11.3 Å². The molecule has 1 aliphatic rings. The summed E-state index contributed by atoms with van der Waals surface area (Å²) >= 11 is 1.68. The second-order valence-corrected chi connectivity index (χ2v) is 6.27. The zero-order chi connectivity index (χ0) is 13.9. The fraction of sp³-hybridized carbons (Fsp3) is 0.600. The van der Waals surface area contributed by atoms with Crippen molar-refractivity contribution in [2.24, 2.45) is 0 Å². The van der Waals surface area contributed by atoms with Gasteiger partial charge in [0, 0.05) is 17.0 Å². The molecule has 0 aliphatic heterocycles. The van der Waals surface area contributed by atoms with Crippen molar-refractivity contribution in [2.45, 2.75) is 51.5 Å². The first-order valence-corrected chi connectivity index (χ1v) is 8.34. The van der Waals surface area contributed by atoms with Gasteiger partial charge in [0.25, 0.3) is 0 Å². The lowest BCUT2D eigenvalue weighted by Crippen LogP contribution is -2.31. The Bertz CT molecular complexity index is 563. The standard InChI is InChI=1S/C15H21N3OS/c1-3-7-16-13-6-4-5-11(13)15-17-14(18-19-15)12-9-20-8-10(12)2/h8-9,11,13,16H,3-7H2,1-2H3. The van der Waals surface area contributed by atoms with Gasteiger partial charge >= 0.3 is 0 Å². The average molecular weight is 291 g/mol. The molecule has 108 valence electrons. The second-order valence-electron chi connectivity index (χ2n) is 5.52.